The van der Waals surface area contributed by atoms with Crippen LogP contribution < -0.4 is 5.32 Å². The third-order valence-corrected chi connectivity index (χ3v) is 3.01. The number of urea groups is 1. The molecule has 1 saturated heterocycles. The van der Waals surface area contributed by atoms with Gasteiger partial charge in [-0.25, -0.2) is 4.79 Å². The molecule has 1 aromatic carbocycles. The van der Waals surface area contributed by atoms with E-state index in [1.165, 1.54) is 4.90 Å². The lowest BCUT2D eigenvalue weighted by Crippen LogP contribution is -2.54. The first kappa shape index (κ1) is 13.4. The van der Waals surface area contributed by atoms with Crippen molar-refractivity contribution in [1.82, 2.24) is 4.90 Å². The maximum atomic E-state index is 11.8. The van der Waals surface area contributed by atoms with Gasteiger partial charge in [-0.1, -0.05) is 12.1 Å². The van der Waals surface area contributed by atoms with Gasteiger partial charge < -0.3 is 20.1 Å². The summed E-state index contributed by atoms with van der Waals surface area (Å²) in [5.41, 5.74) is 1.64. The Hall–Kier alpha value is -2.08. The second kappa shape index (κ2) is 5.71. The van der Waals surface area contributed by atoms with Gasteiger partial charge in [-0.3, -0.25) is 4.79 Å². The van der Waals surface area contributed by atoms with Gasteiger partial charge in [0.25, 0.3) is 0 Å². The first-order valence-electron chi connectivity index (χ1n) is 5.96. The molecule has 0 atom stereocenters. The maximum Gasteiger partial charge on any atom is 0.321 e. The van der Waals surface area contributed by atoms with E-state index in [1.54, 1.807) is 13.2 Å². The fourth-order valence-corrected chi connectivity index (χ4v) is 1.91. The monoisotopic (exact) mass is 264 g/mol. The Labute approximate surface area is 111 Å². The zero-order valence-electron chi connectivity index (χ0n) is 10.6. The first-order valence-corrected chi connectivity index (χ1v) is 5.96. The molecule has 2 amide bonds. The number of nitrogens with one attached hydrogen (secondary N) is 1. The number of hydrogen-bond donors (Lipinski definition) is 2. The Morgan fingerprint density at radius 2 is 2.21 bits per heavy atom. The van der Waals surface area contributed by atoms with E-state index >= 15 is 0 Å². The topological polar surface area (TPSA) is 78.9 Å². The SMILES string of the molecule is COCc1cccc(NC(=O)N2CC(C(=O)O)C2)c1. The van der Waals surface area contributed by atoms with Crippen molar-refractivity contribution in [2.24, 2.45) is 5.92 Å². The van der Waals surface area contributed by atoms with E-state index in [9.17, 15) is 9.59 Å². The Bertz CT molecular complexity index is 483. The Morgan fingerprint density at radius 1 is 1.47 bits per heavy atom. The minimum Gasteiger partial charge on any atom is -0.481 e. The minimum absolute atomic E-state index is 0.263. The summed E-state index contributed by atoms with van der Waals surface area (Å²) in [6, 6.07) is 7.08. The van der Waals surface area contributed by atoms with Crippen LogP contribution in [0.4, 0.5) is 10.5 Å². The molecule has 2 rings (SSSR count). The molecule has 0 unspecified atom stereocenters. The van der Waals surface area contributed by atoms with Crippen LogP contribution in [0.15, 0.2) is 24.3 Å². The molecule has 6 heteroatoms. The molecule has 1 aliphatic rings. The van der Waals surface area contributed by atoms with Crippen molar-refractivity contribution in [3.8, 4) is 0 Å². The number of anilines is 1. The summed E-state index contributed by atoms with van der Waals surface area (Å²) >= 11 is 0. The highest BCUT2D eigenvalue weighted by Gasteiger charge is 2.35. The van der Waals surface area contributed by atoms with E-state index in [0.717, 1.165) is 5.56 Å². The summed E-state index contributed by atoms with van der Waals surface area (Å²) in [6.07, 6.45) is 0. The average molecular weight is 264 g/mol. The van der Waals surface area contributed by atoms with Crippen LogP contribution in [0.25, 0.3) is 0 Å². The largest absolute Gasteiger partial charge is 0.481 e. The molecule has 6 nitrogen and oxygen atoms in total. The third kappa shape index (κ3) is 3.23. The fraction of sp³-hybridized carbons (Fsp3) is 0.385. The molecule has 19 heavy (non-hydrogen) atoms. The minimum atomic E-state index is -0.855. The summed E-state index contributed by atoms with van der Waals surface area (Å²) in [5, 5.41) is 11.5. The average Bonchev–Trinajstić information content (AvgIpc) is 2.27. The van der Waals surface area contributed by atoms with Crippen LogP contribution >= 0.6 is 0 Å². The van der Waals surface area contributed by atoms with Crippen molar-refractivity contribution in [3.63, 3.8) is 0 Å². The molecule has 0 spiro atoms. The number of rotatable bonds is 4. The van der Waals surface area contributed by atoms with E-state index in [2.05, 4.69) is 5.32 Å². The second-order valence-corrected chi connectivity index (χ2v) is 4.50. The maximum absolute atomic E-state index is 11.8. The molecule has 0 radical (unpaired) electrons. The molecular weight excluding hydrogens is 248 g/mol. The van der Waals surface area contributed by atoms with Crippen molar-refractivity contribution >= 4 is 17.7 Å². The smallest absolute Gasteiger partial charge is 0.321 e. The summed E-state index contributed by atoms with van der Waals surface area (Å²) in [6.45, 7) is 1.01. The van der Waals surface area contributed by atoms with Gasteiger partial charge in [0.05, 0.1) is 12.5 Å². The summed E-state index contributed by atoms with van der Waals surface area (Å²) in [4.78, 5) is 23.9. The number of hydrogen-bond acceptors (Lipinski definition) is 3. The summed E-state index contributed by atoms with van der Waals surface area (Å²) < 4.78 is 5.02. The van der Waals surface area contributed by atoms with Gasteiger partial charge in [0, 0.05) is 25.9 Å². The lowest BCUT2D eigenvalue weighted by Gasteiger charge is -2.36. The lowest BCUT2D eigenvalue weighted by atomic mass is 10.0. The van der Waals surface area contributed by atoms with Gasteiger partial charge in [-0.05, 0) is 17.7 Å². The molecule has 1 heterocycles. The van der Waals surface area contributed by atoms with Crippen molar-refractivity contribution in [2.45, 2.75) is 6.61 Å². The number of nitrogens with zero attached hydrogens (tertiary/aromatic N) is 1. The van der Waals surface area contributed by atoms with E-state index in [4.69, 9.17) is 9.84 Å². The van der Waals surface area contributed by atoms with Crippen LogP contribution in [0.5, 0.6) is 0 Å². The van der Waals surface area contributed by atoms with Gasteiger partial charge in [0.2, 0.25) is 0 Å². The van der Waals surface area contributed by atoms with Crippen molar-refractivity contribution in [1.29, 1.82) is 0 Å². The normalized spacial score (nSPS) is 14.9. The van der Waals surface area contributed by atoms with Crippen molar-refractivity contribution < 1.29 is 19.4 Å². The number of aliphatic carboxylic acids is 1. The van der Waals surface area contributed by atoms with Crippen LogP contribution in [-0.4, -0.2) is 42.2 Å². The van der Waals surface area contributed by atoms with E-state index < -0.39 is 11.9 Å². The van der Waals surface area contributed by atoms with Crippen LogP contribution in [-0.2, 0) is 16.1 Å². The van der Waals surface area contributed by atoms with Crippen LogP contribution in [0.2, 0.25) is 0 Å². The standard InChI is InChI=1S/C13H16N2O4/c1-19-8-9-3-2-4-11(5-9)14-13(18)15-6-10(7-15)12(16)17/h2-5,10H,6-8H2,1H3,(H,14,18)(H,16,17). The molecule has 1 fully saturated rings. The number of benzene rings is 1. The number of methoxy groups -OCH3 is 1. The number of carbonyl (C=O) groups excluding carboxylic acids is 1. The van der Waals surface area contributed by atoms with Crippen molar-refractivity contribution in [3.05, 3.63) is 29.8 Å². The van der Waals surface area contributed by atoms with Crippen LogP contribution in [0, 0.1) is 5.92 Å². The van der Waals surface area contributed by atoms with Gasteiger partial charge in [0.1, 0.15) is 0 Å². The molecule has 0 bridgehead atoms. The molecule has 0 saturated carbocycles. The van der Waals surface area contributed by atoms with Crippen LogP contribution in [0.3, 0.4) is 0 Å². The predicted molar refractivity (Wildman–Crippen MR) is 68.9 cm³/mol. The van der Waals surface area contributed by atoms with E-state index in [1.807, 2.05) is 18.2 Å². The van der Waals surface area contributed by atoms with Gasteiger partial charge in [-0.2, -0.15) is 0 Å². The highest BCUT2D eigenvalue weighted by atomic mass is 16.5. The highest BCUT2D eigenvalue weighted by molar-refractivity contribution is 5.91. The quantitative estimate of drug-likeness (QED) is 0.861. The molecular formula is C13H16N2O4. The Kier molecular flexibility index (Phi) is 4.01. The summed E-state index contributed by atoms with van der Waals surface area (Å²) in [7, 11) is 1.61. The number of likely N-dealkylation sites (tertiary alicyclic amines) is 1. The van der Waals surface area contributed by atoms with Gasteiger partial charge in [0.15, 0.2) is 0 Å². The number of carboxylic acid groups (broad SMARTS) is 1. The highest BCUT2D eigenvalue weighted by Crippen LogP contribution is 2.18. The van der Waals surface area contributed by atoms with E-state index in [-0.39, 0.29) is 19.1 Å². The molecule has 0 aliphatic carbocycles. The first-order chi connectivity index (χ1) is 9.10. The summed E-state index contributed by atoms with van der Waals surface area (Å²) in [5.74, 6) is -1.29. The number of carbonyl (C=O) groups is 2. The third-order valence-electron chi connectivity index (χ3n) is 3.01. The number of ether oxygens (including phenoxy) is 1. The molecule has 1 aliphatic heterocycles. The van der Waals surface area contributed by atoms with Gasteiger partial charge in [-0.15, -0.1) is 0 Å². The van der Waals surface area contributed by atoms with E-state index in [0.29, 0.717) is 12.3 Å². The van der Waals surface area contributed by atoms with Crippen molar-refractivity contribution in [2.75, 3.05) is 25.5 Å². The number of carboxylic acids is 1. The zero-order valence-corrected chi connectivity index (χ0v) is 10.6. The predicted octanol–water partition coefficient (Wildman–Crippen LogP) is 1.38. The molecule has 102 valence electrons. The second-order valence-electron chi connectivity index (χ2n) is 4.50. The van der Waals surface area contributed by atoms with Gasteiger partial charge >= 0.3 is 12.0 Å². The molecule has 0 aromatic heterocycles. The Balaban J connectivity index is 1.89. The fourth-order valence-electron chi connectivity index (χ4n) is 1.91. The van der Waals surface area contributed by atoms with Crippen LogP contribution in [0.1, 0.15) is 5.56 Å². The lowest BCUT2D eigenvalue weighted by molar-refractivity contribution is -0.145. The Morgan fingerprint density at radius 3 is 2.84 bits per heavy atom. The zero-order chi connectivity index (χ0) is 13.8. The molecule has 1 aromatic rings. The molecule has 2 N–H and O–H groups in total. The number of amides is 2.